The van der Waals surface area contributed by atoms with Crippen LogP contribution >= 0.6 is 0 Å². The van der Waals surface area contributed by atoms with Gasteiger partial charge in [0.25, 0.3) is 0 Å². The molecule has 0 atom stereocenters. The van der Waals surface area contributed by atoms with Gasteiger partial charge in [-0.05, 0) is 12.1 Å². The Bertz CT molecular complexity index is 616. The van der Waals surface area contributed by atoms with Gasteiger partial charge in [-0.25, -0.2) is 4.79 Å². The summed E-state index contributed by atoms with van der Waals surface area (Å²) < 4.78 is 0. The highest BCUT2D eigenvalue weighted by atomic mass is 16.2. The molecule has 0 unspecified atom stereocenters. The lowest BCUT2D eigenvalue weighted by molar-refractivity contribution is 0.252. The molecular weight excluding hydrogens is 258 g/mol. The molecule has 0 saturated carbocycles. The molecule has 5 N–H and O–H groups in total. The molecule has 0 bridgehead atoms. The summed E-state index contributed by atoms with van der Waals surface area (Å²) in [4.78, 5) is 13.2. The number of hydrogen-bond donors (Lipinski definition) is 4. The van der Waals surface area contributed by atoms with Crippen LogP contribution < -0.4 is 21.4 Å². The van der Waals surface area contributed by atoms with Crippen molar-refractivity contribution in [1.29, 1.82) is 10.7 Å². The third-order valence-corrected chi connectivity index (χ3v) is 2.70. The summed E-state index contributed by atoms with van der Waals surface area (Å²) in [5.41, 5.74) is 8.86. The number of rotatable bonds is 4. The molecule has 0 radical (unpaired) electrons. The van der Waals surface area contributed by atoms with E-state index in [0.717, 1.165) is 0 Å². The van der Waals surface area contributed by atoms with Crippen LogP contribution in [-0.2, 0) is 0 Å². The van der Waals surface area contributed by atoms with E-state index in [1.54, 1.807) is 35.2 Å². The fraction of sp³-hybridized carbons (Fsp3) is 0.167. The molecule has 2 amide bonds. The Morgan fingerprint density at radius 1 is 1.55 bits per heavy atom. The van der Waals surface area contributed by atoms with Crippen LogP contribution in [0.4, 0.5) is 16.2 Å². The smallest absolute Gasteiger partial charge is 0.322 e. The number of amides is 2. The number of nitriles is 1. The third kappa shape index (κ3) is 2.67. The predicted molar refractivity (Wildman–Crippen MR) is 75.8 cm³/mol. The van der Waals surface area contributed by atoms with E-state index in [0.29, 0.717) is 24.5 Å². The number of hydrazone groups is 1. The first-order valence-corrected chi connectivity index (χ1v) is 5.86. The number of hydrogen-bond acceptors (Lipinski definition) is 5. The highest BCUT2D eigenvalue weighted by Gasteiger charge is 2.23. The van der Waals surface area contributed by atoms with E-state index >= 15 is 0 Å². The number of carbonyl (C=O) groups excluding carboxylic acids is 1. The Hall–Kier alpha value is -3.08. The van der Waals surface area contributed by atoms with E-state index < -0.39 is 5.84 Å². The van der Waals surface area contributed by atoms with Crippen LogP contribution in [0.3, 0.4) is 0 Å². The number of para-hydroxylation sites is 2. The molecule has 1 aliphatic heterocycles. The Labute approximate surface area is 115 Å². The van der Waals surface area contributed by atoms with Crippen molar-refractivity contribution in [1.82, 2.24) is 5.32 Å². The molecule has 0 aromatic heterocycles. The van der Waals surface area contributed by atoms with Crippen LogP contribution in [-0.4, -0.2) is 30.7 Å². The average Bonchev–Trinajstić information content (AvgIpc) is 2.86. The molecule has 102 valence electrons. The molecule has 1 heterocycles. The minimum atomic E-state index is -0.420. The van der Waals surface area contributed by atoms with Crippen molar-refractivity contribution >= 4 is 29.0 Å². The molecular formula is C12H13N7O. The van der Waals surface area contributed by atoms with E-state index in [-0.39, 0.29) is 11.7 Å². The minimum absolute atomic E-state index is 0.185. The molecule has 1 aromatic carbocycles. The number of carbonyl (C=O) groups is 1. The lowest BCUT2D eigenvalue weighted by Crippen LogP contribution is -2.28. The van der Waals surface area contributed by atoms with Crippen molar-refractivity contribution in [2.24, 2.45) is 10.8 Å². The molecule has 1 aliphatic rings. The van der Waals surface area contributed by atoms with Crippen molar-refractivity contribution in [3.8, 4) is 6.07 Å². The second kappa shape index (κ2) is 5.71. The van der Waals surface area contributed by atoms with Gasteiger partial charge in [-0.15, -0.1) is 0 Å². The summed E-state index contributed by atoms with van der Waals surface area (Å²) in [6.45, 7) is 1.13. The number of urea groups is 1. The third-order valence-electron chi connectivity index (χ3n) is 2.70. The van der Waals surface area contributed by atoms with Gasteiger partial charge in [0.15, 0.2) is 5.84 Å². The van der Waals surface area contributed by atoms with Crippen molar-refractivity contribution in [3.63, 3.8) is 0 Å². The van der Waals surface area contributed by atoms with Crippen LogP contribution in [0.5, 0.6) is 0 Å². The van der Waals surface area contributed by atoms with Gasteiger partial charge in [-0.2, -0.15) is 10.4 Å². The fourth-order valence-electron chi connectivity index (χ4n) is 1.77. The number of nitrogens with zero attached hydrogens (tertiary/aromatic N) is 3. The molecule has 8 nitrogen and oxygen atoms in total. The maximum atomic E-state index is 11.7. The normalized spacial score (nSPS) is 14.7. The van der Waals surface area contributed by atoms with Crippen LogP contribution in [0.1, 0.15) is 0 Å². The largest absolute Gasteiger partial charge is 0.382 e. The van der Waals surface area contributed by atoms with Crippen molar-refractivity contribution in [3.05, 3.63) is 24.3 Å². The van der Waals surface area contributed by atoms with Gasteiger partial charge in [-0.3, -0.25) is 15.7 Å². The first kappa shape index (κ1) is 13.4. The van der Waals surface area contributed by atoms with Crippen LogP contribution in [0.2, 0.25) is 0 Å². The predicted octanol–water partition coefficient (Wildman–Crippen LogP) is 0.444. The van der Waals surface area contributed by atoms with Gasteiger partial charge in [0, 0.05) is 13.1 Å². The molecule has 0 aliphatic carbocycles. The van der Waals surface area contributed by atoms with Crippen molar-refractivity contribution in [2.75, 3.05) is 23.4 Å². The molecule has 2 rings (SSSR count). The summed E-state index contributed by atoms with van der Waals surface area (Å²) in [6.07, 6.45) is 0. The average molecular weight is 271 g/mol. The second-order valence-corrected chi connectivity index (χ2v) is 4.00. The molecule has 1 saturated heterocycles. The van der Waals surface area contributed by atoms with Gasteiger partial charge in [-0.1, -0.05) is 12.1 Å². The van der Waals surface area contributed by atoms with Gasteiger partial charge in [0.05, 0.1) is 11.4 Å². The summed E-state index contributed by atoms with van der Waals surface area (Å²) in [5.74, 6) is -0.420. The highest BCUT2D eigenvalue weighted by Crippen LogP contribution is 2.26. The summed E-state index contributed by atoms with van der Waals surface area (Å²) in [5, 5.41) is 22.4. The van der Waals surface area contributed by atoms with E-state index in [9.17, 15) is 4.79 Å². The lowest BCUT2D eigenvalue weighted by atomic mass is 10.2. The van der Waals surface area contributed by atoms with Crippen LogP contribution in [0.15, 0.2) is 29.4 Å². The van der Waals surface area contributed by atoms with E-state index in [4.69, 9.17) is 16.4 Å². The maximum Gasteiger partial charge on any atom is 0.322 e. The zero-order valence-corrected chi connectivity index (χ0v) is 10.6. The van der Waals surface area contributed by atoms with Crippen molar-refractivity contribution < 1.29 is 4.79 Å². The standard InChI is InChI=1S/C12H13N7O/c13-7-9(11(14)15)18-17-8-3-1-2-4-10(8)19-6-5-16-12(19)20/h1-4,17H,5-6H2,(H3,14,15)(H,16,20)/b18-9+. The molecule has 0 spiro atoms. The number of amidine groups is 1. The van der Waals surface area contributed by atoms with Crippen LogP contribution in [0.25, 0.3) is 0 Å². The Morgan fingerprint density at radius 2 is 2.30 bits per heavy atom. The first-order valence-electron chi connectivity index (χ1n) is 5.86. The monoisotopic (exact) mass is 271 g/mol. The Morgan fingerprint density at radius 3 is 2.90 bits per heavy atom. The molecule has 8 heteroatoms. The van der Waals surface area contributed by atoms with Gasteiger partial charge < -0.3 is 11.1 Å². The minimum Gasteiger partial charge on any atom is -0.382 e. The second-order valence-electron chi connectivity index (χ2n) is 4.00. The Balaban J connectivity index is 2.27. The number of nitrogens with two attached hydrogens (primary N) is 1. The zero-order valence-electron chi connectivity index (χ0n) is 10.6. The first-order chi connectivity index (χ1) is 9.63. The van der Waals surface area contributed by atoms with Crippen LogP contribution in [0, 0.1) is 16.7 Å². The summed E-state index contributed by atoms with van der Waals surface area (Å²) >= 11 is 0. The quantitative estimate of drug-likeness (QED) is 0.359. The van der Waals surface area contributed by atoms with Gasteiger partial charge in [0.2, 0.25) is 5.71 Å². The van der Waals surface area contributed by atoms with E-state index in [1.807, 2.05) is 0 Å². The number of nitrogens with one attached hydrogen (secondary N) is 3. The number of benzene rings is 1. The van der Waals surface area contributed by atoms with E-state index in [1.165, 1.54) is 0 Å². The van der Waals surface area contributed by atoms with Gasteiger partial charge in [0.1, 0.15) is 6.07 Å². The summed E-state index contributed by atoms with van der Waals surface area (Å²) in [7, 11) is 0. The zero-order chi connectivity index (χ0) is 14.5. The number of anilines is 2. The molecule has 1 aromatic rings. The molecule has 1 fully saturated rings. The highest BCUT2D eigenvalue weighted by molar-refractivity contribution is 6.45. The van der Waals surface area contributed by atoms with Gasteiger partial charge >= 0.3 is 6.03 Å². The fourth-order valence-corrected chi connectivity index (χ4v) is 1.77. The topological polar surface area (TPSA) is 130 Å². The Kier molecular flexibility index (Phi) is 3.81. The molecule has 20 heavy (non-hydrogen) atoms. The maximum absolute atomic E-state index is 11.7. The lowest BCUT2D eigenvalue weighted by Gasteiger charge is -2.17. The van der Waals surface area contributed by atoms with Crippen molar-refractivity contribution in [2.45, 2.75) is 0 Å². The van der Waals surface area contributed by atoms with E-state index in [2.05, 4.69) is 15.8 Å². The SMILES string of the molecule is N#C/C(=N\Nc1ccccc1N1CCNC1=O)C(=N)N. The summed E-state index contributed by atoms with van der Waals surface area (Å²) in [6, 6.07) is 8.59.